The highest BCUT2D eigenvalue weighted by Gasteiger charge is 2.44. The first-order valence-corrected chi connectivity index (χ1v) is 12.4. The van der Waals surface area contributed by atoms with Crippen LogP contribution in [0.5, 0.6) is 0 Å². The molecule has 3 heterocycles. The first-order chi connectivity index (χ1) is 15.3. The minimum Gasteiger partial charge on any atom is -0.459 e. The quantitative estimate of drug-likeness (QED) is 0.574. The maximum absolute atomic E-state index is 12.5. The molecule has 0 bridgehead atoms. The molecule has 2 aliphatic heterocycles. The third-order valence-electron chi connectivity index (χ3n) is 7.54. The molecule has 2 amide bonds. The minimum absolute atomic E-state index is 0.0892. The van der Waals surface area contributed by atoms with Gasteiger partial charge in [-0.25, -0.2) is 4.79 Å². The maximum atomic E-state index is 12.5. The lowest BCUT2D eigenvalue weighted by molar-refractivity contribution is -0.0844. The van der Waals surface area contributed by atoms with Crippen LogP contribution in [-0.4, -0.2) is 35.7 Å². The Balaban J connectivity index is 1.52. The SMILES string of the molecule is CCN(Cc1cc2cc(Cl)c3c(c2o1)C1(CCCCC1)NC(=O)N3)C1CCOC(C)(C)C1. The van der Waals surface area contributed by atoms with Crippen molar-refractivity contribution in [3.05, 3.63) is 28.5 Å². The topological polar surface area (TPSA) is 66.7 Å². The van der Waals surface area contributed by atoms with E-state index in [-0.39, 0.29) is 11.6 Å². The van der Waals surface area contributed by atoms with Crippen LogP contribution in [0.4, 0.5) is 10.5 Å². The molecule has 6 nitrogen and oxygen atoms in total. The summed E-state index contributed by atoms with van der Waals surface area (Å²) in [5, 5.41) is 7.77. The number of hydrogen-bond donors (Lipinski definition) is 2. The van der Waals surface area contributed by atoms with E-state index in [9.17, 15) is 4.79 Å². The highest BCUT2D eigenvalue weighted by atomic mass is 35.5. The van der Waals surface area contributed by atoms with E-state index in [1.807, 2.05) is 6.07 Å². The van der Waals surface area contributed by atoms with Gasteiger partial charge in [-0.1, -0.05) is 37.8 Å². The van der Waals surface area contributed by atoms with Gasteiger partial charge in [0.2, 0.25) is 0 Å². The summed E-state index contributed by atoms with van der Waals surface area (Å²) in [5.41, 5.74) is 2.11. The number of nitrogens with one attached hydrogen (secondary N) is 2. The summed E-state index contributed by atoms with van der Waals surface area (Å²) < 4.78 is 12.5. The van der Waals surface area contributed by atoms with Crippen molar-refractivity contribution in [1.29, 1.82) is 0 Å². The van der Waals surface area contributed by atoms with Gasteiger partial charge in [0.25, 0.3) is 0 Å². The Hall–Kier alpha value is -1.76. The van der Waals surface area contributed by atoms with Gasteiger partial charge in [0.1, 0.15) is 11.3 Å². The molecule has 32 heavy (non-hydrogen) atoms. The van der Waals surface area contributed by atoms with Crippen LogP contribution in [0.15, 0.2) is 16.5 Å². The Morgan fingerprint density at radius 1 is 1.22 bits per heavy atom. The van der Waals surface area contributed by atoms with Gasteiger partial charge in [-0.3, -0.25) is 4.90 Å². The molecule has 1 atom stereocenters. The predicted molar refractivity (Wildman–Crippen MR) is 127 cm³/mol. The fourth-order valence-corrected chi connectivity index (χ4v) is 6.28. The van der Waals surface area contributed by atoms with Gasteiger partial charge < -0.3 is 19.8 Å². The van der Waals surface area contributed by atoms with E-state index in [4.69, 9.17) is 20.8 Å². The maximum Gasteiger partial charge on any atom is 0.319 e. The van der Waals surface area contributed by atoms with Crippen LogP contribution in [0.3, 0.4) is 0 Å². The average Bonchev–Trinajstić information content (AvgIpc) is 3.13. The van der Waals surface area contributed by atoms with E-state index in [2.05, 4.69) is 42.4 Å². The fourth-order valence-electron chi connectivity index (χ4n) is 6.02. The zero-order valence-electron chi connectivity index (χ0n) is 19.4. The van der Waals surface area contributed by atoms with Crippen LogP contribution in [-0.2, 0) is 16.8 Å². The highest BCUT2D eigenvalue weighted by molar-refractivity contribution is 6.35. The summed E-state index contributed by atoms with van der Waals surface area (Å²) in [4.78, 5) is 15.0. The number of amides is 2. The van der Waals surface area contributed by atoms with Crippen molar-refractivity contribution in [1.82, 2.24) is 10.2 Å². The van der Waals surface area contributed by atoms with Crippen molar-refractivity contribution in [3.8, 4) is 0 Å². The van der Waals surface area contributed by atoms with Crippen molar-refractivity contribution in [2.24, 2.45) is 0 Å². The zero-order valence-corrected chi connectivity index (χ0v) is 20.1. The summed E-state index contributed by atoms with van der Waals surface area (Å²) in [5.74, 6) is 0.943. The molecule has 1 aromatic carbocycles. The first kappa shape index (κ1) is 22.1. The van der Waals surface area contributed by atoms with Gasteiger partial charge in [0.15, 0.2) is 0 Å². The number of rotatable bonds is 4. The summed E-state index contributed by atoms with van der Waals surface area (Å²) in [6.07, 6.45) is 7.25. The van der Waals surface area contributed by atoms with Crippen LogP contribution >= 0.6 is 11.6 Å². The van der Waals surface area contributed by atoms with Gasteiger partial charge in [0, 0.05) is 23.6 Å². The number of halogens is 1. The standard InChI is InChI=1S/C25H34ClN3O3/c1-4-29(17-8-11-31-24(2,3)14-17)15-18-12-16-13-19(26)21-20(22(16)32-18)25(28-23(30)27-21)9-6-5-7-10-25/h12-13,17H,4-11,14-15H2,1-3H3,(H2,27,28,30). The van der Waals surface area contributed by atoms with Gasteiger partial charge in [-0.15, -0.1) is 0 Å². The van der Waals surface area contributed by atoms with Crippen molar-refractivity contribution < 1.29 is 13.9 Å². The molecule has 7 heteroatoms. The van der Waals surface area contributed by atoms with Crippen molar-refractivity contribution in [3.63, 3.8) is 0 Å². The third-order valence-corrected chi connectivity index (χ3v) is 7.84. The molecule has 1 saturated heterocycles. The number of urea groups is 1. The number of ether oxygens (including phenoxy) is 1. The molecule has 0 radical (unpaired) electrons. The largest absolute Gasteiger partial charge is 0.459 e. The number of anilines is 1. The number of nitrogens with zero attached hydrogens (tertiary/aromatic N) is 1. The molecule has 2 fully saturated rings. The van der Waals surface area contributed by atoms with Crippen LogP contribution in [0.1, 0.15) is 77.0 Å². The lowest BCUT2D eigenvalue weighted by Crippen LogP contribution is -2.52. The Kier molecular flexibility index (Phi) is 5.67. The molecule has 1 unspecified atom stereocenters. The fraction of sp³-hybridized carbons (Fsp3) is 0.640. The van der Waals surface area contributed by atoms with Crippen LogP contribution in [0.2, 0.25) is 5.02 Å². The van der Waals surface area contributed by atoms with Crippen molar-refractivity contribution in [2.75, 3.05) is 18.5 Å². The number of fused-ring (bicyclic) bond motifs is 4. The third kappa shape index (κ3) is 3.91. The molecule has 5 rings (SSSR count). The second-order valence-corrected chi connectivity index (χ2v) is 10.7. The van der Waals surface area contributed by atoms with E-state index in [1.54, 1.807) is 0 Å². The summed E-state index contributed by atoms with van der Waals surface area (Å²) >= 11 is 6.68. The first-order valence-electron chi connectivity index (χ1n) is 12.0. The molecule has 1 saturated carbocycles. The Morgan fingerprint density at radius 3 is 2.72 bits per heavy atom. The number of furan rings is 1. The number of carbonyl (C=O) groups is 1. The second kappa shape index (κ2) is 8.23. The van der Waals surface area contributed by atoms with Crippen LogP contribution in [0.25, 0.3) is 11.0 Å². The Bertz CT molecular complexity index is 1030. The molecule has 2 N–H and O–H groups in total. The van der Waals surface area contributed by atoms with E-state index in [0.29, 0.717) is 16.8 Å². The molecule has 1 aliphatic carbocycles. The average molecular weight is 460 g/mol. The zero-order chi connectivity index (χ0) is 22.5. The van der Waals surface area contributed by atoms with E-state index in [1.165, 1.54) is 6.42 Å². The molecular formula is C25H34ClN3O3. The lowest BCUT2D eigenvalue weighted by atomic mass is 9.74. The van der Waals surface area contributed by atoms with E-state index >= 15 is 0 Å². The Labute approximate surface area is 195 Å². The monoisotopic (exact) mass is 459 g/mol. The highest BCUT2D eigenvalue weighted by Crippen LogP contribution is 2.49. The van der Waals surface area contributed by atoms with Crippen LogP contribution in [0, 0.1) is 0 Å². The summed E-state index contributed by atoms with van der Waals surface area (Å²) in [6.45, 7) is 9.07. The van der Waals surface area contributed by atoms with Gasteiger partial charge in [-0.05, 0) is 58.2 Å². The number of hydrogen-bond acceptors (Lipinski definition) is 4. The van der Waals surface area contributed by atoms with E-state index in [0.717, 1.165) is 80.5 Å². The molecule has 1 spiro atoms. The second-order valence-electron chi connectivity index (χ2n) is 10.3. The normalized spacial score (nSPS) is 24.4. The Morgan fingerprint density at radius 2 is 2.00 bits per heavy atom. The van der Waals surface area contributed by atoms with Crippen molar-refractivity contribution in [2.45, 2.75) is 89.4 Å². The lowest BCUT2D eigenvalue weighted by Gasteiger charge is -2.42. The van der Waals surface area contributed by atoms with Gasteiger partial charge >= 0.3 is 6.03 Å². The van der Waals surface area contributed by atoms with Gasteiger partial charge in [-0.2, -0.15) is 0 Å². The molecule has 2 aromatic rings. The predicted octanol–water partition coefficient (Wildman–Crippen LogP) is 6.16. The summed E-state index contributed by atoms with van der Waals surface area (Å²) in [7, 11) is 0. The minimum atomic E-state index is -0.399. The van der Waals surface area contributed by atoms with E-state index < -0.39 is 5.54 Å². The number of carbonyl (C=O) groups excluding carboxylic acids is 1. The van der Waals surface area contributed by atoms with Gasteiger partial charge in [0.05, 0.1) is 28.4 Å². The summed E-state index contributed by atoms with van der Waals surface area (Å²) in [6, 6.07) is 4.35. The van der Waals surface area contributed by atoms with Crippen LogP contribution < -0.4 is 10.6 Å². The van der Waals surface area contributed by atoms with Crippen molar-refractivity contribution >= 4 is 34.3 Å². The molecular weight excluding hydrogens is 426 g/mol. The smallest absolute Gasteiger partial charge is 0.319 e. The molecule has 1 aromatic heterocycles. The number of benzene rings is 1. The molecule has 174 valence electrons. The molecule has 3 aliphatic rings.